The number of carbonyl (C=O) groups is 7. The van der Waals surface area contributed by atoms with Crippen molar-refractivity contribution in [1.82, 2.24) is 31.9 Å². The first kappa shape index (κ1) is 47.5. The zero-order valence-electron chi connectivity index (χ0n) is 33.3. The van der Waals surface area contributed by atoms with Gasteiger partial charge in [-0.1, -0.05) is 91.0 Å². The summed E-state index contributed by atoms with van der Waals surface area (Å²) < 4.78 is 0. The molecule has 60 heavy (non-hydrogen) atoms. The van der Waals surface area contributed by atoms with Crippen LogP contribution in [0.1, 0.15) is 36.5 Å². The highest BCUT2D eigenvalue weighted by molar-refractivity contribution is 5.97. The third kappa shape index (κ3) is 16.5. The van der Waals surface area contributed by atoms with Crippen molar-refractivity contribution in [3.05, 3.63) is 108 Å². The molecule has 0 aliphatic rings. The molecule has 0 radical (unpaired) electrons. The molecule has 0 saturated heterocycles. The first-order valence-corrected chi connectivity index (χ1v) is 19.3. The number of aliphatic hydroxyl groups is 1. The molecular weight excluding hydrogens is 775 g/mol. The zero-order chi connectivity index (χ0) is 44.0. The van der Waals surface area contributed by atoms with Crippen LogP contribution in [-0.2, 0) is 52.8 Å². The van der Waals surface area contributed by atoms with Crippen molar-refractivity contribution in [1.29, 1.82) is 0 Å². The molecule has 322 valence electrons. The van der Waals surface area contributed by atoms with Gasteiger partial charge in [-0.15, -0.1) is 0 Å². The van der Waals surface area contributed by atoms with Gasteiger partial charge in [-0.3, -0.25) is 38.6 Å². The van der Waals surface area contributed by atoms with Crippen molar-refractivity contribution < 1.29 is 38.7 Å². The Hall–Kier alpha value is -6.86. The van der Waals surface area contributed by atoms with Crippen molar-refractivity contribution in [3.8, 4) is 0 Å². The smallest absolute Gasteiger partial charge is 0.245 e. The van der Waals surface area contributed by atoms with E-state index < -0.39 is 84.2 Å². The molecule has 3 aromatic rings. The quantitative estimate of drug-likeness (QED) is 0.0248. The number of hydrogen-bond acceptors (Lipinski definition) is 10. The van der Waals surface area contributed by atoms with Gasteiger partial charge in [-0.2, -0.15) is 0 Å². The summed E-state index contributed by atoms with van der Waals surface area (Å²) in [6, 6.07) is 18.5. The number of aliphatic imine (C=N–C) groups is 1. The van der Waals surface area contributed by atoms with Crippen LogP contribution in [0, 0.1) is 0 Å². The summed E-state index contributed by atoms with van der Waals surface area (Å²) in [5.74, 6) is -5.63. The molecular formula is C41H55N11O8. The van der Waals surface area contributed by atoms with Crippen LogP contribution in [0.25, 0.3) is 0 Å². The fraction of sp³-hybridized carbons (Fsp3) is 0.366. The summed E-state index contributed by atoms with van der Waals surface area (Å²) in [5.41, 5.74) is 23.9. The van der Waals surface area contributed by atoms with Gasteiger partial charge in [0, 0.05) is 25.8 Å². The third-order valence-electron chi connectivity index (χ3n) is 9.12. The number of nitrogens with two attached hydrogens (primary N) is 4. The first-order chi connectivity index (χ1) is 28.7. The lowest BCUT2D eigenvalue weighted by Crippen LogP contribution is -2.61. The molecule has 3 aromatic carbocycles. The Morgan fingerprint density at radius 3 is 1.37 bits per heavy atom. The summed E-state index contributed by atoms with van der Waals surface area (Å²) in [6.07, 6.45) is 0.212. The van der Waals surface area contributed by atoms with Gasteiger partial charge in [0.15, 0.2) is 5.96 Å². The number of primary amides is 1. The van der Waals surface area contributed by atoms with Gasteiger partial charge in [-0.05, 0) is 36.5 Å². The average Bonchev–Trinajstić information content (AvgIpc) is 3.23. The molecule has 19 nitrogen and oxygen atoms in total. The molecule has 7 amide bonds. The molecule has 0 bridgehead atoms. The standard InChI is InChI=1S/C41H55N11O8/c1-25(47-34(54)23-42)36(56)50-31(21-27-14-7-3-8-15-27)39(59)52-33(24-53)40(60)51-32(22-28-16-9-4-10-17-28)38(58)48-29(18-11-19-46-41(44)45)37(57)49-30(35(43)55)20-26-12-5-2-6-13-26/h2-10,12-17,25,29-33,53H,11,18-24,42H2,1H3,(H2,43,55)(H,47,54)(H,48,58)(H,49,57)(H,50,56)(H,51,60)(H,52,59)(H4,44,45,46)/t25-,29-,30-,31-,32-,33-/m0/s1. The number of nitrogens with zero attached hydrogens (tertiary/aromatic N) is 1. The Bertz CT molecular complexity index is 1920. The van der Waals surface area contributed by atoms with Crippen molar-refractivity contribution >= 4 is 47.3 Å². The minimum absolute atomic E-state index is 0.00946. The van der Waals surface area contributed by atoms with Crippen LogP contribution < -0.4 is 54.8 Å². The van der Waals surface area contributed by atoms with E-state index in [0.717, 1.165) is 5.56 Å². The maximum Gasteiger partial charge on any atom is 0.245 e. The van der Waals surface area contributed by atoms with Crippen LogP contribution in [0.4, 0.5) is 0 Å². The molecule has 3 rings (SSSR count). The third-order valence-corrected chi connectivity index (χ3v) is 9.12. The largest absolute Gasteiger partial charge is 0.394 e. The Morgan fingerprint density at radius 1 is 0.550 bits per heavy atom. The van der Waals surface area contributed by atoms with E-state index in [1.807, 2.05) is 0 Å². The van der Waals surface area contributed by atoms with Crippen LogP contribution >= 0.6 is 0 Å². The fourth-order valence-electron chi connectivity index (χ4n) is 5.91. The maximum absolute atomic E-state index is 14.1. The zero-order valence-corrected chi connectivity index (χ0v) is 33.3. The molecule has 0 aliphatic carbocycles. The predicted molar refractivity (Wildman–Crippen MR) is 223 cm³/mol. The van der Waals surface area contributed by atoms with E-state index in [0.29, 0.717) is 11.1 Å². The molecule has 19 heteroatoms. The van der Waals surface area contributed by atoms with Crippen molar-refractivity contribution in [2.45, 2.75) is 75.3 Å². The summed E-state index contributed by atoms with van der Waals surface area (Å²) in [6.45, 7) is 0.249. The summed E-state index contributed by atoms with van der Waals surface area (Å²) in [7, 11) is 0. The molecule has 0 aromatic heterocycles. The van der Waals surface area contributed by atoms with E-state index in [1.165, 1.54) is 6.92 Å². The lowest BCUT2D eigenvalue weighted by molar-refractivity contribution is -0.135. The van der Waals surface area contributed by atoms with Gasteiger partial charge in [0.25, 0.3) is 0 Å². The summed E-state index contributed by atoms with van der Waals surface area (Å²) >= 11 is 0. The number of carbonyl (C=O) groups excluding carboxylic acids is 7. The number of rotatable bonds is 24. The molecule has 0 unspecified atom stereocenters. The molecule has 6 atom stereocenters. The number of hydrogen-bond donors (Lipinski definition) is 11. The van der Waals surface area contributed by atoms with E-state index in [-0.39, 0.29) is 51.2 Å². The highest BCUT2D eigenvalue weighted by atomic mass is 16.3. The van der Waals surface area contributed by atoms with Crippen LogP contribution in [0.2, 0.25) is 0 Å². The summed E-state index contributed by atoms with van der Waals surface area (Å²) in [4.78, 5) is 96.5. The van der Waals surface area contributed by atoms with Crippen molar-refractivity contribution in [2.75, 3.05) is 19.7 Å². The molecule has 0 spiro atoms. The number of benzene rings is 3. The van der Waals surface area contributed by atoms with Gasteiger partial charge in [-0.25, -0.2) is 0 Å². The molecule has 0 saturated carbocycles. The number of amides is 7. The SMILES string of the molecule is C[C@H](NC(=O)CN)C(=O)N[C@@H](Cc1ccccc1)C(=O)N[C@@H](CO)C(=O)N[C@@H](Cc1ccccc1)C(=O)N[C@@H](CCCN=C(N)N)C(=O)N[C@@H](Cc1ccccc1)C(N)=O. The normalized spacial score (nSPS) is 13.7. The van der Waals surface area contributed by atoms with Crippen LogP contribution in [0.15, 0.2) is 96.0 Å². The summed E-state index contributed by atoms with van der Waals surface area (Å²) in [5, 5.41) is 25.6. The Kier molecular flexibility index (Phi) is 19.6. The molecule has 0 fully saturated rings. The Labute approximate surface area is 347 Å². The fourth-order valence-corrected chi connectivity index (χ4v) is 5.91. The monoisotopic (exact) mass is 829 g/mol. The highest BCUT2D eigenvalue weighted by Crippen LogP contribution is 2.09. The van der Waals surface area contributed by atoms with E-state index in [9.17, 15) is 38.7 Å². The topological polar surface area (TPSA) is 328 Å². The number of guanidine groups is 1. The highest BCUT2D eigenvalue weighted by Gasteiger charge is 2.33. The number of aliphatic hydroxyl groups excluding tert-OH is 1. The second-order valence-electron chi connectivity index (χ2n) is 13.9. The van der Waals surface area contributed by atoms with Crippen molar-refractivity contribution in [2.24, 2.45) is 27.9 Å². The van der Waals surface area contributed by atoms with Crippen LogP contribution in [0.3, 0.4) is 0 Å². The van der Waals surface area contributed by atoms with E-state index in [1.54, 1.807) is 91.0 Å². The van der Waals surface area contributed by atoms with Crippen LogP contribution in [-0.4, -0.2) is 108 Å². The number of nitrogens with one attached hydrogen (secondary N) is 6. The van der Waals surface area contributed by atoms with Gasteiger partial charge < -0.3 is 59.9 Å². The van der Waals surface area contributed by atoms with Gasteiger partial charge in [0.1, 0.15) is 36.3 Å². The van der Waals surface area contributed by atoms with E-state index in [2.05, 4.69) is 36.9 Å². The minimum Gasteiger partial charge on any atom is -0.394 e. The van der Waals surface area contributed by atoms with E-state index >= 15 is 0 Å². The average molecular weight is 830 g/mol. The maximum atomic E-state index is 14.1. The Morgan fingerprint density at radius 2 is 0.933 bits per heavy atom. The van der Waals surface area contributed by atoms with E-state index in [4.69, 9.17) is 22.9 Å². The minimum atomic E-state index is -1.61. The Balaban J connectivity index is 1.85. The molecule has 0 heterocycles. The predicted octanol–water partition coefficient (Wildman–Crippen LogP) is -2.87. The van der Waals surface area contributed by atoms with Crippen LogP contribution in [0.5, 0.6) is 0 Å². The first-order valence-electron chi connectivity index (χ1n) is 19.3. The van der Waals surface area contributed by atoms with Gasteiger partial charge in [0.05, 0.1) is 13.2 Å². The molecule has 15 N–H and O–H groups in total. The van der Waals surface area contributed by atoms with Gasteiger partial charge >= 0.3 is 0 Å². The lowest BCUT2D eigenvalue weighted by atomic mass is 10.0. The second-order valence-corrected chi connectivity index (χ2v) is 13.9. The van der Waals surface area contributed by atoms with Gasteiger partial charge in [0.2, 0.25) is 41.4 Å². The lowest BCUT2D eigenvalue weighted by Gasteiger charge is -2.27. The van der Waals surface area contributed by atoms with Crippen molar-refractivity contribution in [3.63, 3.8) is 0 Å². The second kappa shape index (κ2) is 24.8. The molecule has 0 aliphatic heterocycles.